The van der Waals surface area contributed by atoms with Crippen LogP contribution >= 0.6 is 0 Å². The predicted molar refractivity (Wildman–Crippen MR) is 118 cm³/mol. The zero-order chi connectivity index (χ0) is 20.9. The molecule has 1 aliphatic heterocycles. The van der Waals surface area contributed by atoms with Crippen molar-refractivity contribution < 1.29 is 9.21 Å². The number of aryl methyl sites for hydroxylation is 1. The molecule has 30 heavy (non-hydrogen) atoms. The Morgan fingerprint density at radius 2 is 1.53 bits per heavy atom. The van der Waals surface area contributed by atoms with Crippen LogP contribution in [0.5, 0.6) is 0 Å². The van der Waals surface area contributed by atoms with E-state index in [2.05, 4.69) is 46.2 Å². The monoisotopic (exact) mass is 404 g/mol. The second-order valence-corrected chi connectivity index (χ2v) is 7.80. The largest absolute Gasteiger partial charge is 0.441 e. The van der Waals surface area contributed by atoms with Crippen LogP contribution in [0.2, 0.25) is 0 Å². The van der Waals surface area contributed by atoms with Crippen LogP contribution in [0.25, 0.3) is 22.6 Å². The maximum Gasteiger partial charge on any atom is 0.226 e. The van der Waals surface area contributed by atoms with Crippen LogP contribution in [0, 0.1) is 6.92 Å². The van der Waals surface area contributed by atoms with E-state index in [1.807, 2.05) is 25.1 Å². The number of oxazole rings is 1. The number of amides is 1. The van der Waals surface area contributed by atoms with Crippen LogP contribution in [-0.4, -0.2) is 53.4 Å². The van der Waals surface area contributed by atoms with Gasteiger partial charge in [0.25, 0.3) is 0 Å². The number of carbonyl (C=O) groups is 1. The predicted octanol–water partition coefficient (Wildman–Crippen LogP) is 3.31. The highest BCUT2D eigenvalue weighted by atomic mass is 16.4. The van der Waals surface area contributed by atoms with Crippen LogP contribution in [0.4, 0.5) is 0 Å². The second-order valence-electron chi connectivity index (χ2n) is 7.80. The van der Waals surface area contributed by atoms with E-state index in [4.69, 9.17) is 15.1 Å². The number of rotatable bonds is 7. The van der Waals surface area contributed by atoms with Gasteiger partial charge in [-0.1, -0.05) is 42.5 Å². The lowest BCUT2D eigenvalue weighted by Gasteiger charge is -2.34. The van der Waals surface area contributed by atoms with Gasteiger partial charge in [0.1, 0.15) is 5.76 Å². The van der Waals surface area contributed by atoms with Gasteiger partial charge < -0.3 is 15.1 Å². The molecule has 0 saturated carbocycles. The smallest absolute Gasteiger partial charge is 0.226 e. The maximum absolute atomic E-state index is 11.0. The number of carbonyl (C=O) groups excluding carboxylic acids is 1. The third-order valence-corrected chi connectivity index (χ3v) is 5.64. The zero-order valence-corrected chi connectivity index (χ0v) is 17.4. The van der Waals surface area contributed by atoms with Gasteiger partial charge in [-0.15, -0.1) is 0 Å². The Labute approximate surface area is 177 Å². The molecule has 156 valence electrons. The number of nitrogens with zero attached hydrogens (tertiary/aromatic N) is 3. The first-order valence-corrected chi connectivity index (χ1v) is 10.4. The number of aromatic nitrogens is 1. The number of piperazine rings is 1. The van der Waals surface area contributed by atoms with Gasteiger partial charge in [0.2, 0.25) is 11.8 Å². The summed E-state index contributed by atoms with van der Waals surface area (Å²) in [5, 5.41) is 0. The average Bonchev–Trinajstić information content (AvgIpc) is 3.14. The fraction of sp³-hybridized carbons (Fsp3) is 0.333. The molecule has 1 fully saturated rings. The van der Waals surface area contributed by atoms with E-state index in [-0.39, 0.29) is 5.91 Å². The zero-order valence-electron chi connectivity index (χ0n) is 17.4. The molecule has 2 N–H and O–H groups in total. The summed E-state index contributed by atoms with van der Waals surface area (Å²) >= 11 is 0. The van der Waals surface area contributed by atoms with E-state index < -0.39 is 0 Å². The molecule has 6 nitrogen and oxygen atoms in total. The molecule has 0 bridgehead atoms. The molecule has 0 atom stereocenters. The van der Waals surface area contributed by atoms with Crippen molar-refractivity contribution in [2.24, 2.45) is 5.73 Å². The minimum atomic E-state index is -0.236. The molecule has 3 aromatic rings. The van der Waals surface area contributed by atoms with Crippen LogP contribution in [-0.2, 0) is 11.3 Å². The lowest BCUT2D eigenvalue weighted by molar-refractivity contribution is -0.118. The summed E-state index contributed by atoms with van der Waals surface area (Å²) in [6.07, 6.45) is 0.425. The van der Waals surface area contributed by atoms with Gasteiger partial charge in [-0.3, -0.25) is 9.69 Å². The Hall–Kier alpha value is -2.96. The van der Waals surface area contributed by atoms with Crippen molar-refractivity contribution in [3.8, 4) is 22.6 Å². The van der Waals surface area contributed by atoms with Crippen molar-refractivity contribution >= 4 is 5.91 Å². The third kappa shape index (κ3) is 4.96. The average molecular weight is 405 g/mol. The molecule has 2 aromatic carbocycles. The molecule has 0 spiro atoms. The molecule has 0 radical (unpaired) electrons. The maximum atomic E-state index is 11.0. The Balaban J connectivity index is 1.37. The highest BCUT2D eigenvalue weighted by molar-refractivity contribution is 5.73. The first kappa shape index (κ1) is 20.3. The molecule has 1 aromatic heterocycles. The van der Waals surface area contributed by atoms with Crippen molar-refractivity contribution in [2.45, 2.75) is 19.9 Å². The van der Waals surface area contributed by atoms with E-state index in [9.17, 15) is 4.79 Å². The Morgan fingerprint density at radius 1 is 0.933 bits per heavy atom. The first-order chi connectivity index (χ1) is 14.6. The highest BCUT2D eigenvalue weighted by Crippen LogP contribution is 2.26. The molecule has 2 heterocycles. The number of primary amides is 1. The minimum absolute atomic E-state index is 0.236. The van der Waals surface area contributed by atoms with Crippen LogP contribution in [0.3, 0.4) is 0 Å². The van der Waals surface area contributed by atoms with Gasteiger partial charge >= 0.3 is 0 Å². The van der Waals surface area contributed by atoms with E-state index >= 15 is 0 Å². The standard InChI is InChI=1S/C24H28N4O2/c1-18-22(17-28-15-13-27(14-16-28)12-11-23(25)29)26-24(30-18)21-9-7-20(8-10-21)19-5-3-2-4-6-19/h2-10H,11-17H2,1H3,(H2,25,29). The summed E-state index contributed by atoms with van der Waals surface area (Å²) in [4.78, 5) is 20.4. The van der Waals surface area contributed by atoms with E-state index in [0.29, 0.717) is 12.3 Å². The highest BCUT2D eigenvalue weighted by Gasteiger charge is 2.20. The van der Waals surface area contributed by atoms with Gasteiger partial charge in [-0.2, -0.15) is 0 Å². The van der Waals surface area contributed by atoms with E-state index in [1.54, 1.807) is 0 Å². The van der Waals surface area contributed by atoms with E-state index in [0.717, 1.165) is 56.3 Å². The summed E-state index contributed by atoms with van der Waals surface area (Å²) in [7, 11) is 0. The summed E-state index contributed by atoms with van der Waals surface area (Å²) in [5.41, 5.74) is 9.60. The molecule has 4 rings (SSSR count). The topological polar surface area (TPSA) is 75.6 Å². The summed E-state index contributed by atoms with van der Waals surface area (Å²) < 4.78 is 5.97. The quantitative estimate of drug-likeness (QED) is 0.654. The Kier molecular flexibility index (Phi) is 6.26. The number of hydrogen-bond acceptors (Lipinski definition) is 5. The third-order valence-electron chi connectivity index (χ3n) is 5.64. The van der Waals surface area contributed by atoms with Crippen LogP contribution < -0.4 is 5.73 Å². The van der Waals surface area contributed by atoms with Gasteiger partial charge in [0.15, 0.2) is 0 Å². The number of nitrogens with two attached hydrogens (primary N) is 1. The normalized spacial score (nSPS) is 15.4. The molecule has 1 aliphatic rings. The van der Waals surface area contributed by atoms with Crippen LogP contribution in [0.1, 0.15) is 17.9 Å². The van der Waals surface area contributed by atoms with Crippen molar-refractivity contribution in [3.05, 3.63) is 66.1 Å². The van der Waals surface area contributed by atoms with Gasteiger partial charge in [-0.25, -0.2) is 4.98 Å². The lowest BCUT2D eigenvalue weighted by Crippen LogP contribution is -2.46. The molecule has 6 heteroatoms. The van der Waals surface area contributed by atoms with Crippen molar-refractivity contribution in [1.82, 2.24) is 14.8 Å². The molecule has 0 unspecified atom stereocenters. The molecular weight excluding hydrogens is 376 g/mol. The second kappa shape index (κ2) is 9.24. The van der Waals surface area contributed by atoms with Gasteiger partial charge in [-0.05, 0) is 30.2 Å². The molecule has 0 aliphatic carbocycles. The van der Waals surface area contributed by atoms with Crippen molar-refractivity contribution in [3.63, 3.8) is 0 Å². The molecule has 1 amide bonds. The number of hydrogen-bond donors (Lipinski definition) is 1. The molecular formula is C24H28N4O2. The first-order valence-electron chi connectivity index (χ1n) is 10.4. The lowest BCUT2D eigenvalue weighted by atomic mass is 10.0. The summed E-state index contributed by atoms with van der Waals surface area (Å²) in [6, 6.07) is 18.7. The Morgan fingerprint density at radius 3 is 2.20 bits per heavy atom. The van der Waals surface area contributed by atoms with Crippen molar-refractivity contribution in [1.29, 1.82) is 0 Å². The fourth-order valence-electron chi connectivity index (χ4n) is 3.79. The Bertz CT molecular complexity index is 974. The summed E-state index contributed by atoms with van der Waals surface area (Å²) in [6.45, 7) is 7.29. The van der Waals surface area contributed by atoms with E-state index in [1.165, 1.54) is 11.1 Å². The molecule has 1 saturated heterocycles. The van der Waals surface area contributed by atoms with Crippen LogP contribution in [0.15, 0.2) is 59.0 Å². The fourth-order valence-corrected chi connectivity index (χ4v) is 3.79. The SMILES string of the molecule is Cc1oc(-c2ccc(-c3ccccc3)cc2)nc1CN1CCN(CCC(N)=O)CC1. The minimum Gasteiger partial charge on any atom is -0.441 e. The van der Waals surface area contributed by atoms with Gasteiger partial charge in [0.05, 0.1) is 5.69 Å². The van der Waals surface area contributed by atoms with Crippen molar-refractivity contribution in [2.75, 3.05) is 32.7 Å². The van der Waals surface area contributed by atoms with Gasteiger partial charge in [0, 0.05) is 51.3 Å². The summed E-state index contributed by atoms with van der Waals surface area (Å²) in [5.74, 6) is 1.30. The number of benzene rings is 2.